The van der Waals surface area contributed by atoms with Crippen LogP contribution in [-0.4, -0.2) is 48.3 Å². The average molecular weight is 372 g/mol. The van der Waals surface area contributed by atoms with Gasteiger partial charge in [-0.25, -0.2) is 0 Å². The molecule has 6 heteroatoms. The van der Waals surface area contributed by atoms with Crippen molar-refractivity contribution >= 4 is 23.2 Å². The predicted molar refractivity (Wildman–Crippen MR) is 104 cm³/mol. The molecule has 1 aromatic carbocycles. The van der Waals surface area contributed by atoms with Gasteiger partial charge in [-0.3, -0.25) is 9.59 Å². The quantitative estimate of drug-likeness (QED) is 0.879. The number of hydrogen-bond donors (Lipinski definition) is 1. The molecule has 2 atom stereocenters. The van der Waals surface area contributed by atoms with Gasteiger partial charge in [0.15, 0.2) is 0 Å². The highest BCUT2D eigenvalue weighted by molar-refractivity contribution is 7.10. The minimum absolute atomic E-state index is 0.0452. The SMILES string of the molecule is CC(=O)N[C@H](CC(=O)N1CCN(C)C[C@H]1c1ccccc1)c1cccs1. The largest absolute Gasteiger partial charge is 0.348 e. The molecule has 2 heterocycles. The summed E-state index contributed by atoms with van der Waals surface area (Å²) in [4.78, 5) is 30.0. The molecular weight excluding hydrogens is 346 g/mol. The van der Waals surface area contributed by atoms with Crippen LogP contribution in [0.5, 0.6) is 0 Å². The lowest BCUT2D eigenvalue weighted by molar-refractivity contribution is -0.136. The van der Waals surface area contributed by atoms with Gasteiger partial charge in [-0.15, -0.1) is 11.3 Å². The molecule has 5 nitrogen and oxygen atoms in total. The molecule has 0 spiro atoms. The van der Waals surface area contributed by atoms with Crippen LogP contribution in [0.3, 0.4) is 0 Å². The number of carbonyl (C=O) groups is 2. The van der Waals surface area contributed by atoms with E-state index >= 15 is 0 Å². The van der Waals surface area contributed by atoms with Crippen molar-refractivity contribution in [2.75, 3.05) is 26.7 Å². The second-order valence-corrected chi connectivity index (χ2v) is 7.73. The summed E-state index contributed by atoms with van der Waals surface area (Å²) < 4.78 is 0. The summed E-state index contributed by atoms with van der Waals surface area (Å²) in [6.45, 7) is 3.87. The lowest BCUT2D eigenvalue weighted by Gasteiger charge is -2.41. The highest BCUT2D eigenvalue weighted by Crippen LogP contribution is 2.28. The molecule has 2 amide bonds. The zero-order chi connectivity index (χ0) is 18.5. The van der Waals surface area contributed by atoms with Crippen molar-refractivity contribution in [3.63, 3.8) is 0 Å². The van der Waals surface area contributed by atoms with Gasteiger partial charge >= 0.3 is 0 Å². The zero-order valence-corrected chi connectivity index (χ0v) is 16.0. The van der Waals surface area contributed by atoms with E-state index in [1.54, 1.807) is 11.3 Å². The Balaban J connectivity index is 1.78. The van der Waals surface area contributed by atoms with Crippen molar-refractivity contribution in [3.8, 4) is 0 Å². The van der Waals surface area contributed by atoms with E-state index in [0.717, 1.165) is 23.5 Å². The van der Waals surface area contributed by atoms with E-state index in [1.165, 1.54) is 6.92 Å². The lowest BCUT2D eigenvalue weighted by atomic mass is 10.0. The van der Waals surface area contributed by atoms with Crippen molar-refractivity contribution in [3.05, 3.63) is 58.3 Å². The minimum Gasteiger partial charge on any atom is -0.348 e. The van der Waals surface area contributed by atoms with Gasteiger partial charge < -0.3 is 15.1 Å². The molecule has 1 N–H and O–H groups in total. The van der Waals surface area contributed by atoms with Gasteiger partial charge in [0.25, 0.3) is 0 Å². The third-order valence-corrected chi connectivity index (χ3v) is 5.72. The van der Waals surface area contributed by atoms with E-state index in [1.807, 2.05) is 40.6 Å². The smallest absolute Gasteiger partial charge is 0.225 e. The van der Waals surface area contributed by atoms with Crippen molar-refractivity contribution in [1.29, 1.82) is 0 Å². The molecule has 1 aliphatic rings. The topological polar surface area (TPSA) is 52.7 Å². The summed E-state index contributed by atoms with van der Waals surface area (Å²) in [6, 6.07) is 13.9. The Labute approximate surface area is 158 Å². The number of thiophene rings is 1. The van der Waals surface area contributed by atoms with Crippen molar-refractivity contribution in [2.45, 2.75) is 25.4 Å². The molecular formula is C20H25N3O2S. The first-order chi connectivity index (χ1) is 12.5. The van der Waals surface area contributed by atoms with E-state index in [9.17, 15) is 9.59 Å². The van der Waals surface area contributed by atoms with E-state index in [2.05, 4.69) is 29.4 Å². The fourth-order valence-electron chi connectivity index (χ4n) is 3.43. The van der Waals surface area contributed by atoms with Gasteiger partial charge in [-0.05, 0) is 24.1 Å². The molecule has 0 saturated carbocycles. The van der Waals surface area contributed by atoms with Crippen LogP contribution < -0.4 is 5.32 Å². The Morgan fingerprint density at radius 3 is 2.62 bits per heavy atom. The second-order valence-electron chi connectivity index (χ2n) is 6.75. The zero-order valence-electron chi connectivity index (χ0n) is 15.2. The van der Waals surface area contributed by atoms with Crippen LogP contribution in [0.2, 0.25) is 0 Å². The maximum absolute atomic E-state index is 13.1. The summed E-state index contributed by atoms with van der Waals surface area (Å²) in [5, 5.41) is 4.90. The van der Waals surface area contributed by atoms with E-state index < -0.39 is 0 Å². The Morgan fingerprint density at radius 1 is 1.19 bits per heavy atom. The highest BCUT2D eigenvalue weighted by atomic mass is 32.1. The van der Waals surface area contributed by atoms with Crippen LogP contribution in [0.25, 0.3) is 0 Å². The Hall–Kier alpha value is -2.18. The molecule has 0 radical (unpaired) electrons. The Kier molecular flexibility index (Phi) is 6.06. The molecule has 3 rings (SSSR count). The summed E-state index contributed by atoms with van der Waals surface area (Å²) in [5.74, 6) is -0.0340. The van der Waals surface area contributed by atoms with Crippen LogP contribution in [0.1, 0.15) is 35.9 Å². The number of nitrogens with one attached hydrogen (secondary N) is 1. The molecule has 1 saturated heterocycles. The minimum atomic E-state index is -0.268. The molecule has 138 valence electrons. The van der Waals surface area contributed by atoms with Crippen molar-refractivity contribution < 1.29 is 9.59 Å². The summed E-state index contributed by atoms with van der Waals surface area (Å²) in [7, 11) is 2.09. The monoisotopic (exact) mass is 371 g/mol. The van der Waals surface area contributed by atoms with Crippen molar-refractivity contribution in [2.24, 2.45) is 0 Å². The van der Waals surface area contributed by atoms with Crippen LogP contribution in [0.4, 0.5) is 0 Å². The predicted octanol–water partition coefficient (Wildman–Crippen LogP) is 2.83. The highest BCUT2D eigenvalue weighted by Gasteiger charge is 2.31. The Bertz CT molecular complexity index is 733. The van der Waals surface area contributed by atoms with Crippen LogP contribution >= 0.6 is 11.3 Å². The van der Waals surface area contributed by atoms with Gasteiger partial charge in [0.1, 0.15) is 0 Å². The van der Waals surface area contributed by atoms with Crippen LogP contribution in [-0.2, 0) is 9.59 Å². The molecule has 1 aromatic heterocycles. The fourth-order valence-corrected chi connectivity index (χ4v) is 4.21. The van der Waals surface area contributed by atoms with Gasteiger partial charge in [-0.2, -0.15) is 0 Å². The van der Waals surface area contributed by atoms with Gasteiger partial charge in [-0.1, -0.05) is 36.4 Å². The van der Waals surface area contributed by atoms with E-state index in [4.69, 9.17) is 0 Å². The lowest BCUT2D eigenvalue weighted by Crippen LogP contribution is -2.50. The third-order valence-electron chi connectivity index (χ3n) is 4.73. The fraction of sp³-hybridized carbons (Fsp3) is 0.400. The summed E-state index contributed by atoms with van der Waals surface area (Å²) >= 11 is 1.57. The maximum atomic E-state index is 13.1. The van der Waals surface area contributed by atoms with Gasteiger partial charge in [0.05, 0.1) is 18.5 Å². The third kappa shape index (κ3) is 4.51. The number of rotatable bonds is 5. The average Bonchev–Trinajstić information content (AvgIpc) is 3.16. The summed E-state index contributed by atoms with van der Waals surface area (Å²) in [5.41, 5.74) is 1.15. The molecule has 1 aliphatic heterocycles. The second kappa shape index (κ2) is 8.47. The molecule has 0 aliphatic carbocycles. The number of amides is 2. The molecule has 2 aromatic rings. The Morgan fingerprint density at radius 2 is 1.96 bits per heavy atom. The number of carbonyl (C=O) groups excluding carboxylic acids is 2. The van der Waals surface area contributed by atoms with E-state index in [0.29, 0.717) is 6.54 Å². The summed E-state index contributed by atoms with van der Waals surface area (Å²) in [6.07, 6.45) is 0.285. The van der Waals surface area contributed by atoms with Crippen LogP contribution in [0, 0.1) is 0 Å². The first-order valence-corrected chi connectivity index (χ1v) is 9.76. The molecule has 26 heavy (non-hydrogen) atoms. The number of nitrogens with zero attached hydrogens (tertiary/aromatic N) is 2. The maximum Gasteiger partial charge on any atom is 0.225 e. The van der Waals surface area contributed by atoms with E-state index in [-0.39, 0.29) is 30.3 Å². The molecule has 0 bridgehead atoms. The standard InChI is InChI=1S/C20H25N3O2S/c1-15(24)21-17(19-9-6-12-26-19)13-20(25)23-11-10-22(2)14-18(23)16-7-4-3-5-8-16/h3-9,12,17-18H,10-11,13-14H2,1-2H3,(H,21,24)/t17-,18+/m1/s1. The number of hydrogen-bond acceptors (Lipinski definition) is 4. The first kappa shape index (κ1) is 18.6. The van der Waals surface area contributed by atoms with Gasteiger partial charge in [0.2, 0.25) is 11.8 Å². The molecule has 0 unspecified atom stereocenters. The van der Waals surface area contributed by atoms with Crippen LogP contribution in [0.15, 0.2) is 47.8 Å². The normalized spacial score (nSPS) is 19.2. The number of benzene rings is 1. The van der Waals surface area contributed by atoms with Crippen molar-refractivity contribution in [1.82, 2.24) is 15.1 Å². The molecule has 1 fully saturated rings. The number of likely N-dealkylation sites (N-methyl/N-ethyl adjacent to an activating group) is 1. The number of piperazine rings is 1. The van der Waals surface area contributed by atoms with Gasteiger partial charge in [0, 0.05) is 31.4 Å². The first-order valence-electron chi connectivity index (χ1n) is 8.88.